The Labute approximate surface area is 121 Å². The number of hydrogen-bond acceptors (Lipinski definition) is 2. The lowest BCUT2D eigenvalue weighted by Crippen LogP contribution is -2.41. The molecule has 1 spiro atoms. The maximum absolute atomic E-state index is 6.02. The second-order valence-electron chi connectivity index (χ2n) is 6.06. The van der Waals surface area contributed by atoms with E-state index in [9.17, 15) is 0 Å². The van der Waals surface area contributed by atoms with Crippen molar-refractivity contribution < 1.29 is 9.47 Å². The molecule has 3 aliphatic rings. The van der Waals surface area contributed by atoms with Gasteiger partial charge in [-0.15, -0.1) is 0 Å². The molecule has 1 aromatic rings. The summed E-state index contributed by atoms with van der Waals surface area (Å²) in [6, 6.07) is 8.19. The number of rotatable bonds is 1. The number of fused-ring (bicyclic) bond motifs is 3. The summed E-state index contributed by atoms with van der Waals surface area (Å²) >= 11 is 3.45. The topological polar surface area (TPSA) is 18.5 Å². The summed E-state index contributed by atoms with van der Waals surface area (Å²) in [6.45, 7) is 1.67. The highest BCUT2D eigenvalue weighted by molar-refractivity contribution is 9.10. The molecule has 3 heteroatoms. The molecule has 19 heavy (non-hydrogen) atoms. The van der Waals surface area contributed by atoms with Crippen molar-refractivity contribution in [3.8, 4) is 0 Å². The second kappa shape index (κ2) is 4.44. The van der Waals surface area contributed by atoms with E-state index in [2.05, 4.69) is 40.2 Å². The lowest BCUT2D eigenvalue weighted by molar-refractivity contribution is -0.239. The number of halogens is 1. The largest absolute Gasteiger partial charge is 0.348 e. The van der Waals surface area contributed by atoms with Gasteiger partial charge in [-0.3, -0.25) is 0 Å². The summed E-state index contributed by atoms with van der Waals surface area (Å²) in [6.07, 6.45) is 7.09. The minimum atomic E-state index is -0.193. The Morgan fingerprint density at radius 1 is 1.05 bits per heavy atom. The van der Waals surface area contributed by atoms with Crippen LogP contribution in [0.3, 0.4) is 0 Å². The van der Waals surface area contributed by atoms with Crippen LogP contribution in [0, 0.1) is 17.3 Å². The maximum Gasteiger partial charge on any atom is 0.183 e. The molecular weight excluding hydrogens is 304 g/mol. The van der Waals surface area contributed by atoms with Crippen LogP contribution in [0.4, 0.5) is 0 Å². The molecule has 0 aromatic heterocycles. The van der Waals surface area contributed by atoms with Gasteiger partial charge in [0.25, 0.3) is 0 Å². The molecule has 0 radical (unpaired) electrons. The Balaban J connectivity index is 1.48. The van der Waals surface area contributed by atoms with Crippen LogP contribution in [0.15, 0.2) is 40.9 Å². The fourth-order valence-corrected chi connectivity index (χ4v) is 4.04. The van der Waals surface area contributed by atoms with E-state index in [0.717, 1.165) is 29.2 Å². The van der Waals surface area contributed by atoms with E-state index >= 15 is 0 Å². The monoisotopic (exact) mass is 320 g/mol. The van der Waals surface area contributed by atoms with Crippen molar-refractivity contribution in [2.45, 2.75) is 19.1 Å². The molecule has 2 aliphatic carbocycles. The average Bonchev–Trinajstić information content (AvgIpc) is 3.02. The molecule has 1 heterocycles. The summed E-state index contributed by atoms with van der Waals surface area (Å²) < 4.78 is 13.1. The fraction of sp³-hybridized carbons (Fsp3) is 0.500. The van der Waals surface area contributed by atoms with Gasteiger partial charge in [-0.05, 0) is 36.8 Å². The van der Waals surface area contributed by atoms with Crippen molar-refractivity contribution in [3.63, 3.8) is 0 Å². The summed E-state index contributed by atoms with van der Waals surface area (Å²) in [5.74, 6) is 1.43. The summed E-state index contributed by atoms with van der Waals surface area (Å²) in [5.41, 5.74) is 1.36. The van der Waals surface area contributed by atoms with Crippen molar-refractivity contribution >= 4 is 15.9 Å². The third-order valence-electron chi connectivity index (χ3n) is 4.81. The van der Waals surface area contributed by atoms with Gasteiger partial charge in [0, 0.05) is 15.5 Å². The van der Waals surface area contributed by atoms with Crippen molar-refractivity contribution in [1.82, 2.24) is 0 Å². The quantitative estimate of drug-likeness (QED) is 0.726. The van der Waals surface area contributed by atoms with E-state index in [1.54, 1.807) is 0 Å². The van der Waals surface area contributed by atoms with Gasteiger partial charge >= 0.3 is 0 Å². The highest BCUT2D eigenvalue weighted by Crippen LogP contribution is 2.54. The summed E-state index contributed by atoms with van der Waals surface area (Å²) in [5, 5.41) is 0. The molecule has 2 atom stereocenters. The zero-order valence-corrected chi connectivity index (χ0v) is 12.3. The SMILES string of the molecule is Brc1ccc(C2OCC3(CO2)C[C@@H]2C=C[C@@H]3C2)cc1. The molecule has 2 bridgehead atoms. The van der Waals surface area contributed by atoms with Crippen LogP contribution >= 0.6 is 15.9 Å². The van der Waals surface area contributed by atoms with Gasteiger partial charge in [-0.1, -0.05) is 40.2 Å². The fourth-order valence-electron chi connectivity index (χ4n) is 3.77. The zero-order valence-electron chi connectivity index (χ0n) is 10.7. The molecule has 1 aliphatic heterocycles. The van der Waals surface area contributed by atoms with Gasteiger partial charge in [0.2, 0.25) is 0 Å². The third-order valence-corrected chi connectivity index (χ3v) is 5.34. The standard InChI is InChI=1S/C16H17BrO2/c17-14-5-2-12(3-6-14)15-18-9-16(10-19-15)8-11-1-4-13(16)7-11/h1-6,11,13,15H,7-10H2/t11-,13-,15?,16?/m1/s1. The Bertz CT molecular complexity index is 500. The van der Waals surface area contributed by atoms with Crippen molar-refractivity contribution in [1.29, 1.82) is 0 Å². The molecule has 0 N–H and O–H groups in total. The Hall–Kier alpha value is -0.640. The van der Waals surface area contributed by atoms with Gasteiger partial charge < -0.3 is 9.47 Å². The van der Waals surface area contributed by atoms with Crippen molar-refractivity contribution in [2.75, 3.05) is 13.2 Å². The molecule has 1 saturated heterocycles. The summed E-state index contributed by atoms with van der Waals surface area (Å²) in [7, 11) is 0. The van der Waals surface area contributed by atoms with Crippen molar-refractivity contribution in [2.24, 2.45) is 17.3 Å². The van der Waals surface area contributed by atoms with E-state index in [1.165, 1.54) is 12.8 Å². The van der Waals surface area contributed by atoms with Crippen molar-refractivity contribution in [3.05, 3.63) is 46.5 Å². The first-order chi connectivity index (χ1) is 9.25. The van der Waals surface area contributed by atoms with Crippen LogP contribution in [0.5, 0.6) is 0 Å². The predicted octanol–water partition coefficient (Wildman–Crippen LogP) is 4.08. The first-order valence-electron chi connectivity index (χ1n) is 6.92. The summed E-state index contributed by atoms with van der Waals surface area (Å²) in [4.78, 5) is 0. The highest BCUT2D eigenvalue weighted by atomic mass is 79.9. The molecule has 0 amide bonds. The zero-order chi connectivity index (χ0) is 12.9. The minimum absolute atomic E-state index is 0.193. The van der Waals surface area contributed by atoms with Gasteiger partial charge in [0.1, 0.15) is 0 Å². The van der Waals surface area contributed by atoms with Crippen LogP contribution in [0.25, 0.3) is 0 Å². The van der Waals surface area contributed by atoms with E-state index in [0.29, 0.717) is 5.92 Å². The minimum Gasteiger partial charge on any atom is -0.348 e. The van der Waals surface area contributed by atoms with E-state index in [4.69, 9.17) is 9.47 Å². The van der Waals surface area contributed by atoms with E-state index in [-0.39, 0.29) is 11.7 Å². The van der Waals surface area contributed by atoms with Gasteiger partial charge in [-0.2, -0.15) is 0 Å². The van der Waals surface area contributed by atoms with Crippen LogP contribution < -0.4 is 0 Å². The number of benzene rings is 1. The lowest BCUT2D eigenvalue weighted by atomic mass is 9.76. The normalized spacial score (nSPS) is 40.2. The first-order valence-corrected chi connectivity index (χ1v) is 7.71. The van der Waals surface area contributed by atoms with Crippen LogP contribution in [0.1, 0.15) is 24.7 Å². The van der Waals surface area contributed by atoms with Crippen LogP contribution in [-0.2, 0) is 9.47 Å². The van der Waals surface area contributed by atoms with Gasteiger partial charge in [0.05, 0.1) is 13.2 Å². The molecule has 2 nitrogen and oxygen atoms in total. The average molecular weight is 321 g/mol. The molecule has 1 saturated carbocycles. The Kier molecular flexibility index (Phi) is 2.83. The molecular formula is C16H17BrO2. The molecule has 100 valence electrons. The highest BCUT2D eigenvalue weighted by Gasteiger charge is 2.51. The van der Waals surface area contributed by atoms with E-state index in [1.807, 2.05) is 12.1 Å². The number of hydrogen-bond donors (Lipinski definition) is 0. The molecule has 4 rings (SSSR count). The predicted molar refractivity (Wildman–Crippen MR) is 76.6 cm³/mol. The molecule has 0 unspecified atom stereocenters. The van der Waals surface area contributed by atoms with Gasteiger partial charge in [0.15, 0.2) is 6.29 Å². The van der Waals surface area contributed by atoms with Crippen LogP contribution in [-0.4, -0.2) is 13.2 Å². The number of ether oxygens (including phenoxy) is 2. The lowest BCUT2D eigenvalue weighted by Gasteiger charge is -2.41. The maximum atomic E-state index is 6.02. The second-order valence-corrected chi connectivity index (χ2v) is 6.97. The Morgan fingerprint density at radius 3 is 2.37 bits per heavy atom. The van der Waals surface area contributed by atoms with Crippen LogP contribution in [0.2, 0.25) is 0 Å². The van der Waals surface area contributed by atoms with Gasteiger partial charge in [-0.25, -0.2) is 0 Å². The Morgan fingerprint density at radius 2 is 1.79 bits per heavy atom. The molecule has 2 fully saturated rings. The third kappa shape index (κ3) is 1.99. The number of allylic oxidation sites excluding steroid dienone is 2. The van der Waals surface area contributed by atoms with E-state index < -0.39 is 0 Å². The smallest absolute Gasteiger partial charge is 0.183 e. The molecule has 1 aromatic carbocycles. The first kappa shape index (κ1) is 12.1.